The van der Waals surface area contributed by atoms with Crippen LogP contribution >= 0.6 is 15.9 Å². The number of benzene rings is 2. The fourth-order valence-corrected chi connectivity index (χ4v) is 2.42. The first-order chi connectivity index (χ1) is 13.0. The normalized spacial score (nSPS) is 11.3. The third-order valence-corrected chi connectivity index (χ3v) is 4.25. The maximum absolute atomic E-state index is 9.69. The van der Waals surface area contributed by atoms with Crippen LogP contribution in [-0.4, -0.2) is 19.0 Å². The van der Waals surface area contributed by atoms with E-state index in [0.29, 0.717) is 13.2 Å². The fourth-order valence-electron chi connectivity index (χ4n) is 2.16. The summed E-state index contributed by atoms with van der Waals surface area (Å²) in [5.41, 5.74) is 2.64. The summed E-state index contributed by atoms with van der Waals surface area (Å²) in [5, 5.41) is 0. The number of aryl methyl sites for hydroxylation is 2. The van der Waals surface area contributed by atoms with E-state index in [0.717, 1.165) is 22.4 Å². The Morgan fingerprint density at radius 1 is 1.11 bits per heavy atom. The first-order valence-corrected chi connectivity index (χ1v) is 9.99. The van der Waals surface area contributed by atoms with Gasteiger partial charge in [-0.25, -0.2) is 0 Å². The van der Waals surface area contributed by atoms with Gasteiger partial charge in [0.15, 0.2) is 17.3 Å². The molecule has 2 aromatic rings. The molecule has 0 amide bonds. The third kappa shape index (κ3) is 10.00. The van der Waals surface area contributed by atoms with Gasteiger partial charge in [0.25, 0.3) is 0 Å². The van der Waals surface area contributed by atoms with Gasteiger partial charge < -0.3 is 9.47 Å². The Morgan fingerprint density at radius 3 is 2.22 bits per heavy atom. The predicted molar refractivity (Wildman–Crippen MR) is 116 cm³/mol. The first-order valence-electron chi connectivity index (χ1n) is 9.20. The minimum absolute atomic E-state index is 0.0185. The van der Waals surface area contributed by atoms with Crippen molar-refractivity contribution >= 4 is 21.7 Å². The molecule has 0 N–H and O–H groups in total. The Balaban J connectivity index is 0.000000237. The number of carbonyl (C=O) groups is 1. The molecule has 1 heterocycles. The van der Waals surface area contributed by atoms with E-state index in [9.17, 15) is 4.79 Å². The molecule has 0 spiro atoms. The van der Waals surface area contributed by atoms with Crippen molar-refractivity contribution in [2.24, 2.45) is 0 Å². The SMILES string of the molecule is C=CC(C)=O.CCCCc1ccc2c(c1)OCCO2.Cc1ccc(Br)cc1. The molecule has 0 unspecified atom stereocenters. The highest BCUT2D eigenvalue weighted by Gasteiger charge is 2.10. The largest absolute Gasteiger partial charge is 0.486 e. The second-order valence-electron chi connectivity index (χ2n) is 6.19. The monoisotopic (exact) mass is 432 g/mol. The Labute approximate surface area is 171 Å². The average molecular weight is 433 g/mol. The summed E-state index contributed by atoms with van der Waals surface area (Å²) in [6, 6.07) is 14.5. The lowest BCUT2D eigenvalue weighted by Crippen LogP contribution is -2.15. The summed E-state index contributed by atoms with van der Waals surface area (Å²) in [5.74, 6) is 1.81. The Morgan fingerprint density at radius 2 is 1.70 bits per heavy atom. The van der Waals surface area contributed by atoms with Crippen LogP contribution in [0.1, 0.15) is 37.8 Å². The molecule has 0 atom stereocenters. The van der Waals surface area contributed by atoms with Crippen LogP contribution in [0.25, 0.3) is 0 Å². The molecule has 0 saturated carbocycles. The number of ketones is 1. The fraction of sp³-hybridized carbons (Fsp3) is 0.348. The molecule has 0 saturated heterocycles. The van der Waals surface area contributed by atoms with E-state index in [1.807, 2.05) is 18.2 Å². The molecular weight excluding hydrogens is 404 g/mol. The van der Waals surface area contributed by atoms with Crippen LogP contribution in [-0.2, 0) is 11.2 Å². The second kappa shape index (κ2) is 13.2. The van der Waals surface area contributed by atoms with Gasteiger partial charge in [-0.3, -0.25) is 4.79 Å². The number of halogens is 1. The zero-order valence-electron chi connectivity index (χ0n) is 16.5. The minimum Gasteiger partial charge on any atom is -0.486 e. The molecular formula is C23H29BrO3. The zero-order valence-corrected chi connectivity index (χ0v) is 18.1. The molecule has 3 rings (SSSR count). The number of ether oxygens (including phenoxy) is 2. The lowest BCUT2D eigenvalue weighted by atomic mass is 10.1. The Bertz CT molecular complexity index is 687. The number of fused-ring (bicyclic) bond motifs is 1. The number of rotatable bonds is 4. The maximum Gasteiger partial charge on any atom is 0.161 e. The van der Waals surface area contributed by atoms with Gasteiger partial charge in [0, 0.05) is 4.47 Å². The summed E-state index contributed by atoms with van der Waals surface area (Å²) >= 11 is 3.35. The van der Waals surface area contributed by atoms with Gasteiger partial charge in [-0.05, 0) is 62.6 Å². The Hall–Kier alpha value is -2.07. The summed E-state index contributed by atoms with van der Waals surface area (Å²) < 4.78 is 12.1. The molecule has 2 aromatic carbocycles. The van der Waals surface area contributed by atoms with Crippen LogP contribution in [0.2, 0.25) is 0 Å². The van der Waals surface area contributed by atoms with Crippen LogP contribution in [0.15, 0.2) is 59.6 Å². The van der Waals surface area contributed by atoms with Crippen LogP contribution in [0.5, 0.6) is 11.5 Å². The summed E-state index contributed by atoms with van der Waals surface area (Å²) in [4.78, 5) is 9.69. The van der Waals surface area contributed by atoms with Crippen molar-refractivity contribution in [2.75, 3.05) is 13.2 Å². The number of allylic oxidation sites excluding steroid dienone is 1. The molecule has 0 radical (unpaired) electrons. The van der Waals surface area contributed by atoms with Gasteiger partial charge in [-0.1, -0.05) is 59.6 Å². The number of unbranched alkanes of at least 4 members (excludes halogenated alkanes) is 1. The van der Waals surface area contributed by atoms with E-state index in [1.165, 1.54) is 37.0 Å². The van der Waals surface area contributed by atoms with Crippen molar-refractivity contribution in [3.8, 4) is 11.5 Å². The van der Waals surface area contributed by atoms with Crippen molar-refractivity contribution in [1.29, 1.82) is 0 Å². The molecule has 0 aromatic heterocycles. The highest BCUT2D eigenvalue weighted by atomic mass is 79.9. The molecule has 0 aliphatic carbocycles. The zero-order chi connectivity index (χ0) is 20.1. The van der Waals surface area contributed by atoms with Crippen molar-refractivity contribution in [3.05, 3.63) is 70.7 Å². The lowest BCUT2D eigenvalue weighted by molar-refractivity contribution is -0.112. The standard InChI is InChI=1S/C12H16O2.C7H7Br.C4H6O/c1-2-3-4-10-5-6-11-12(9-10)14-8-7-13-11;1-6-2-4-7(8)5-3-6;1-3-4(2)5/h5-6,9H,2-4,7-8H2,1H3;2-5H,1H3;3H,1H2,2H3. The quantitative estimate of drug-likeness (QED) is 0.530. The molecule has 0 fully saturated rings. The van der Waals surface area contributed by atoms with Gasteiger partial charge in [-0.15, -0.1) is 0 Å². The van der Waals surface area contributed by atoms with E-state index < -0.39 is 0 Å². The topological polar surface area (TPSA) is 35.5 Å². The molecule has 3 nitrogen and oxygen atoms in total. The highest BCUT2D eigenvalue weighted by Crippen LogP contribution is 2.31. The van der Waals surface area contributed by atoms with Gasteiger partial charge in [0.2, 0.25) is 0 Å². The molecule has 0 bridgehead atoms. The average Bonchev–Trinajstić information content (AvgIpc) is 2.69. The molecule has 1 aliphatic heterocycles. The first kappa shape index (κ1) is 23.0. The van der Waals surface area contributed by atoms with Crippen molar-refractivity contribution < 1.29 is 14.3 Å². The Kier molecular flexibility index (Phi) is 11.2. The number of hydrogen-bond acceptors (Lipinski definition) is 3. The van der Waals surface area contributed by atoms with E-state index in [1.54, 1.807) is 0 Å². The third-order valence-electron chi connectivity index (χ3n) is 3.72. The van der Waals surface area contributed by atoms with Crippen molar-refractivity contribution in [1.82, 2.24) is 0 Å². The number of hydrogen-bond donors (Lipinski definition) is 0. The van der Waals surface area contributed by atoms with E-state index in [-0.39, 0.29) is 5.78 Å². The van der Waals surface area contributed by atoms with Gasteiger partial charge in [0.05, 0.1) is 0 Å². The highest BCUT2D eigenvalue weighted by molar-refractivity contribution is 9.10. The van der Waals surface area contributed by atoms with Crippen LogP contribution in [0.3, 0.4) is 0 Å². The number of carbonyl (C=O) groups excluding carboxylic acids is 1. The van der Waals surface area contributed by atoms with Crippen LogP contribution in [0.4, 0.5) is 0 Å². The summed E-state index contributed by atoms with van der Waals surface area (Å²) in [7, 11) is 0. The van der Waals surface area contributed by atoms with E-state index >= 15 is 0 Å². The predicted octanol–water partition coefficient (Wildman–Crippen LogP) is 6.32. The molecule has 4 heteroatoms. The minimum atomic E-state index is 0.0185. The van der Waals surface area contributed by atoms with Gasteiger partial charge >= 0.3 is 0 Å². The molecule has 1 aliphatic rings. The molecule has 146 valence electrons. The van der Waals surface area contributed by atoms with Gasteiger partial charge in [-0.2, -0.15) is 0 Å². The van der Waals surface area contributed by atoms with Crippen LogP contribution in [0, 0.1) is 6.92 Å². The molecule has 27 heavy (non-hydrogen) atoms. The second-order valence-corrected chi connectivity index (χ2v) is 7.11. The smallest absolute Gasteiger partial charge is 0.161 e. The lowest BCUT2D eigenvalue weighted by Gasteiger charge is -2.18. The van der Waals surface area contributed by atoms with E-state index in [4.69, 9.17) is 9.47 Å². The van der Waals surface area contributed by atoms with Crippen molar-refractivity contribution in [2.45, 2.75) is 40.0 Å². The van der Waals surface area contributed by atoms with Crippen LogP contribution < -0.4 is 9.47 Å². The van der Waals surface area contributed by atoms with Gasteiger partial charge in [0.1, 0.15) is 13.2 Å². The van der Waals surface area contributed by atoms with E-state index in [2.05, 4.69) is 60.6 Å². The van der Waals surface area contributed by atoms with Crippen molar-refractivity contribution in [3.63, 3.8) is 0 Å². The maximum atomic E-state index is 9.69. The summed E-state index contributed by atoms with van der Waals surface area (Å²) in [6.45, 7) is 10.3. The summed E-state index contributed by atoms with van der Waals surface area (Å²) in [6.07, 6.45) is 4.88.